The number of allylic oxidation sites excluding steroid dienone is 2. The van der Waals surface area contributed by atoms with Gasteiger partial charge in [-0.25, -0.2) is 21.9 Å². The summed E-state index contributed by atoms with van der Waals surface area (Å²) in [6.07, 6.45) is 8.83. The fourth-order valence-corrected chi connectivity index (χ4v) is 4.82. The van der Waals surface area contributed by atoms with Crippen molar-refractivity contribution >= 4 is 21.7 Å². The molecule has 1 aromatic carbocycles. The summed E-state index contributed by atoms with van der Waals surface area (Å²) in [6, 6.07) is 4.13. The summed E-state index contributed by atoms with van der Waals surface area (Å²) in [6.45, 7) is 4.03. The smallest absolute Gasteiger partial charge is 0.297 e. The van der Waals surface area contributed by atoms with Crippen molar-refractivity contribution in [1.82, 2.24) is 19.5 Å². The number of hydrazine groups is 1. The van der Waals surface area contributed by atoms with Gasteiger partial charge in [0, 0.05) is 38.9 Å². The zero-order valence-electron chi connectivity index (χ0n) is 17.9. The van der Waals surface area contributed by atoms with Gasteiger partial charge in [-0.1, -0.05) is 12.2 Å². The standard InChI is InChI=1S/C21H30FN5O3S/c1-3-31(29,30)25(2)20-8-7-9-26(16-20)15-17-12-18(22)14-19(13-17)23-24-21(28)27-10-5-4-6-11-27/h4-6,10,12-14,20,23H,3,7-9,11,15-16H2,1-2H3,(H,24,28)/t20-/m1/s1. The maximum Gasteiger partial charge on any atom is 0.340 e. The van der Waals surface area contributed by atoms with Gasteiger partial charge in [-0.15, -0.1) is 0 Å². The van der Waals surface area contributed by atoms with Gasteiger partial charge in [0.15, 0.2) is 0 Å². The van der Waals surface area contributed by atoms with Crippen molar-refractivity contribution < 1.29 is 17.6 Å². The number of likely N-dealkylation sites (tertiary alicyclic amines) is 1. The van der Waals surface area contributed by atoms with Crippen LogP contribution in [0.25, 0.3) is 0 Å². The Kier molecular flexibility index (Phi) is 7.69. The number of rotatable bonds is 7. The number of piperidine rings is 1. The van der Waals surface area contributed by atoms with Crippen LogP contribution in [0, 0.1) is 5.82 Å². The van der Waals surface area contributed by atoms with Gasteiger partial charge in [-0.05, 0) is 56.1 Å². The average molecular weight is 452 g/mol. The van der Waals surface area contributed by atoms with Crippen LogP contribution < -0.4 is 10.9 Å². The van der Waals surface area contributed by atoms with E-state index in [-0.39, 0.29) is 17.8 Å². The van der Waals surface area contributed by atoms with E-state index in [1.54, 1.807) is 32.3 Å². The molecule has 3 rings (SSSR count). The second-order valence-corrected chi connectivity index (χ2v) is 10.1. The second kappa shape index (κ2) is 10.3. The molecule has 0 saturated carbocycles. The molecule has 2 aliphatic rings. The predicted octanol–water partition coefficient (Wildman–Crippen LogP) is 2.49. The highest BCUT2D eigenvalue weighted by Gasteiger charge is 2.29. The Hall–Kier alpha value is -2.43. The summed E-state index contributed by atoms with van der Waals surface area (Å²) in [5, 5.41) is 0. The van der Waals surface area contributed by atoms with Gasteiger partial charge in [0.25, 0.3) is 0 Å². The zero-order chi connectivity index (χ0) is 22.4. The summed E-state index contributed by atoms with van der Waals surface area (Å²) >= 11 is 0. The first-order valence-electron chi connectivity index (χ1n) is 10.4. The SMILES string of the molecule is CCS(=O)(=O)N(C)[C@@H]1CCCN(Cc2cc(F)cc(NNC(=O)N3C=CC=CC3)c2)C1. The molecular formula is C21H30FN5O3S. The van der Waals surface area contributed by atoms with E-state index in [4.69, 9.17) is 0 Å². The first-order chi connectivity index (χ1) is 14.8. The molecule has 0 unspecified atom stereocenters. The van der Waals surface area contributed by atoms with Crippen LogP contribution in [-0.4, -0.2) is 67.0 Å². The molecule has 10 heteroatoms. The Morgan fingerprint density at radius 2 is 2.10 bits per heavy atom. The molecule has 0 spiro atoms. The van der Waals surface area contributed by atoms with Gasteiger partial charge < -0.3 is 0 Å². The van der Waals surface area contributed by atoms with Gasteiger partial charge in [0.2, 0.25) is 10.0 Å². The third-order valence-electron chi connectivity index (χ3n) is 5.55. The van der Waals surface area contributed by atoms with Crippen LogP contribution in [0.1, 0.15) is 25.3 Å². The topological polar surface area (TPSA) is 85.0 Å². The Morgan fingerprint density at radius 1 is 1.29 bits per heavy atom. The number of hydrogen-bond donors (Lipinski definition) is 2. The molecule has 1 fully saturated rings. The zero-order valence-corrected chi connectivity index (χ0v) is 18.7. The van der Waals surface area contributed by atoms with Crippen LogP contribution in [0.5, 0.6) is 0 Å². The minimum atomic E-state index is -3.25. The number of benzene rings is 1. The van der Waals surface area contributed by atoms with Crippen molar-refractivity contribution in [1.29, 1.82) is 0 Å². The number of urea groups is 1. The van der Waals surface area contributed by atoms with E-state index in [0.717, 1.165) is 24.9 Å². The van der Waals surface area contributed by atoms with Gasteiger partial charge in [-0.2, -0.15) is 0 Å². The molecule has 8 nitrogen and oxygen atoms in total. The lowest BCUT2D eigenvalue weighted by molar-refractivity contribution is 0.153. The highest BCUT2D eigenvalue weighted by atomic mass is 32.2. The number of sulfonamides is 1. The minimum Gasteiger partial charge on any atom is -0.297 e. The third kappa shape index (κ3) is 6.28. The fourth-order valence-electron chi connectivity index (χ4n) is 3.79. The maximum atomic E-state index is 14.2. The Labute approximate surface area is 183 Å². The summed E-state index contributed by atoms with van der Waals surface area (Å²) < 4.78 is 40.0. The van der Waals surface area contributed by atoms with Gasteiger partial charge in [-0.3, -0.25) is 20.7 Å². The molecule has 0 aliphatic carbocycles. The summed E-state index contributed by atoms with van der Waals surface area (Å²) in [5.41, 5.74) is 6.53. The number of amides is 2. The number of nitrogens with zero attached hydrogens (tertiary/aromatic N) is 3. The number of anilines is 1. The van der Waals surface area contributed by atoms with E-state index in [9.17, 15) is 17.6 Å². The number of hydrogen-bond acceptors (Lipinski definition) is 5. The van der Waals surface area contributed by atoms with Gasteiger partial charge in [0.1, 0.15) is 5.82 Å². The van der Waals surface area contributed by atoms with Crippen LogP contribution in [0.2, 0.25) is 0 Å². The highest BCUT2D eigenvalue weighted by molar-refractivity contribution is 7.89. The van der Waals surface area contributed by atoms with E-state index in [1.807, 2.05) is 12.2 Å². The van der Waals surface area contributed by atoms with Gasteiger partial charge >= 0.3 is 6.03 Å². The largest absolute Gasteiger partial charge is 0.340 e. The lowest BCUT2D eigenvalue weighted by Gasteiger charge is -2.37. The summed E-state index contributed by atoms with van der Waals surface area (Å²) in [4.78, 5) is 15.8. The van der Waals surface area contributed by atoms with E-state index in [0.29, 0.717) is 25.3 Å². The molecule has 31 heavy (non-hydrogen) atoms. The maximum absolute atomic E-state index is 14.2. The molecule has 0 bridgehead atoms. The molecule has 2 aliphatic heterocycles. The molecule has 2 N–H and O–H groups in total. The number of likely N-dealkylation sites (N-methyl/N-ethyl adjacent to an activating group) is 1. The number of nitrogens with one attached hydrogen (secondary N) is 2. The number of halogens is 1. The van der Waals surface area contributed by atoms with Crippen molar-refractivity contribution in [2.24, 2.45) is 0 Å². The van der Waals surface area contributed by atoms with E-state index >= 15 is 0 Å². The molecule has 2 amide bonds. The molecule has 170 valence electrons. The van der Waals surface area contributed by atoms with Crippen LogP contribution in [-0.2, 0) is 16.6 Å². The van der Waals surface area contributed by atoms with E-state index < -0.39 is 15.8 Å². The molecule has 1 atom stereocenters. The van der Waals surface area contributed by atoms with E-state index in [1.165, 1.54) is 21.3 Å². The normalized spacial score (nSPS) is 19.6. The fraction of sp³-hybridized carbons (Fsp3) is 0.476. The lowest BCUT2D eigenvalue weighted by Crippen LogP contribution is -2.48. The van der Waals surface area contributed by atoms with Crippen molar-refractivity contribution in [2.75, 3.05) is 37.9 Å². The summed E-state index contributed by atoms with van der Waals surface area (Å²) in [5.74, 6) is -0.331. The minimum absolute atomic E-state index is 0.0775. The van der Waals surface area contributed by atoms with Crippen LogP contribution >= 0.6 is 0 Å². The van der Waals surface area contributed by atoms with Crippen LogP contribution in [0.4, 0.5) is 14.9 Å². The molecular weight excluding hydrogens is 421 g/mol. The summed E-state index contributed by atoms with van der Waals surface area (Å²) in [7, 11) is -1.62. The molecule has 0 radical (unpaired) electrons. The average Bonchev–Trinajstić information content (AvgIpc) is 2.77. The van der Waals surface area contributed by atoms with Crippen molar-refractivity contribution in [3.05, 3.63) is 54.0 Å². The highest BCUT2D eigenvalue weighted by Crippen LogP contribution is 2.21. The first kappa shape index (κ1) is 23.2. The molecule has 1 saturated heterocycles. The first-order valence-corrected chi connectivity index (χ1v) is 12.0. The monoisotopic (exact) mass is 451 g/mol. The Morgan fingerprint density at radius 3 is 2.81 bits per heavy atom. The van der Waals surface area contributed by atoms with Crippen LogP contribution in [0.3, 0.4) is 0 Å². The van der Waals surface area contributed by atoms with Gasteiger partial charge in [0.05, 0.1) is 11.4 Å². The third-order valence-corrected chi connectivity index (χ3v) is 7.46. The molecule has 1 aromatic rings. The molecule has 0 aromatic heterocycles. The van der Waals surface area contributed by atoms with Crippen molar-refractivity contribution in [3.8, 4) is 0 Å². The number of carbonyl (C=O) groups excluding carboxylic acids is 1. The number of carbonyl (C=O) groups is 1. The lowest BCUT2D eigenvalue weighted by atomic mass is 10.0. The molecule has 2 heterocycles. The van der Waals surface area contributed by atoms with Crippen molar-refractivity contribution in [2.45, 2.75) is 32.4 Å². The Bertz CT molecular complexity index is 950. The van der Waals surface area contributed by atoms with Crippen molar-refractivity contribution in [3.63, 3.8) is 0 Å². The van der Waals surface area contributed by atoms with E-state index in [2.05, 4.69) is 15.8 Å². The Balaban J connectivity index is 1.60. The predicted molar refractivity (Wildman–Crippen MR) is 119 cm³/mol. The quantitative estimate of drug-likeness (QED) is 0.623. The van der Waals surface area contributed by atoms with Crippen LogP contribution in [0.15, 0.2) is 42.6 Å². The second-order valence-electron chi connectivity index (χ2n) is 7.77.